The molecule has 1 aliphatic heterocycles. The number of halogens is 1. The van der Waals surface area contributed by atoms with E-state index in [0.717, 1.165) is 11.3 Å². The molecule has 0 spiro atoms. The van der Waals surface area contributed by atoms with Crippen LogP contribution >= 0.6 is 11.6 Å². The van der Waals surface area contributed by atoms with Gasteiger partial charge in [-0.15, -0.1) is 0 Å². The maximum Gasteiger partial charge on any atom is 0.170 e. The van der Waals surface area contributed by atoms with Crippen LogP contribution in [-0.4, -0.2) is 12.4 Å². The molecule has 0 aliphatic carbocycles. The van der Waals surface area contributed by atoms with E-state index in [1.54, 1.807) is 18.2 Å². The number of rotatable bonds is 3. The number of carbonyl (C=O) groups is 1. The minimum absolute atomic E-state index is 0.0371. The average Bonchev–Trinajstić information content (AvgIpc) is 2.49. The molecule has 1 atom stereocenters. The van der Waals surface area contributed by atoms with Crippen LogP contribution in [0.15, 0.2) is 42.5 Å². The summed E-state index contributed by atoms with van der Waals surface area (Å²) in [7, 11) is 0. The minimum Gasteiger partial charge on any atom is -0.493 e. The van der Waals surface area contributed by atoms with E-state index in [-0.39, 0.29) is 18.3 Å². The second-order valence-electron chi connectivity index (χ2n) is 4.85. The number of hydrogen-bond acceptors (Lipinski definition) is 3. The van der Waals surface area contributed by atoms with Crippen molar-refractivity contribution in [1.82, 2.24) is 0 Å². The molecular formula is C17H15ClO3. The molecule has 1 heterocycles. The van der Waals surface area contributed by atoms with Gasteiger partial charge in [0, 0.05) is 10.6 Å². The third kappa shape index (κ3) is 2.74. The summed E-state index contributed by atoms with van der Waals surface area (Å²) in [6.07, 6.45) is -0.0360. The van der Waals surface area contributed by atoms with Crippen molar-refractivity contribution in [3.8, 4) is 11.5 Å². The first-order valence-electron chi connectivity index (χ1n) is 6.90. The number of ether oxygens (including phenoxy) is 2. The lowest BCUT2D eigenvalue weighted by molar-refractivity contribution is 0.0846. The van der Waals surface area contributed by atoms with E-state index in [1.807, 2.05) is 31.2 Å². The first-order valence-corrected chi connectivity index (χ1v) is 7.28. The molecular weight excluding hydrogens is 288 g/mol. The fourth-order valence-corrected chi connectivity index (χ4v) is 2.68. The van der Waals surface area contributed by atoms with Crippen LogP contribution in [0.1, 0.15) is 35.4 Å². The van der Waals surface area contributed by atoms with Crippen LogP contribution in [-0.2, 0) is 0 Å². The average molecular weight is 303 g/mol. The predicted molar refractivity (Wildman–Crippen MR) is 81.4 cm³/mol. The van der Waals surface area contributed by atoms with Gasteiger partial charge in [0.15, 0.2) is 5.78 Å². The fourth-order valence-electron chi connectivity index (χ4n) is 2.50. The Morgan fingerprint density at radius 2 is 2.10 bits per heavy atom. The standard InChI is InChI=1S/C17H15ClO3/c1-2-20-15-6-4-3-5-12(15)17-10-14(19)13-9-11(18)7-8-16(13)21-17/h3-9,17H,2,10H2,1H3. The number of ketones is 1. The third-order valence-electron chi connectivity index (χ3n) is 3.45. The van der Waals surface area contributed by atoms with Gasteiger partial charge in [-0.25, -0.2) is 0 Å². The SMILES string of the molecule is CCOc1ccccc1C1CC(=O)c2cc(Cl)ccc2O1. The van der Waals surface area contributed by atoms with E-state index < -0.39 is 0 Å². The summed E-state index contributed by atoms with van der Waals surface area (Å²) in [6.45, 7) is 2.50. The summed E-state index contributed by atoms with van der Waals surface area (Å²) in [5, 5.41) is 0.541. The lowest BCUT2D eigenvalue weighted by Gasteiger charge is -2.26. The zero-order valence-electron chi connectivity index (χ0n) is 11.6. The van der Waals surface area contributed by atoms with Crippen LogP contribution in [0.4, 0.5) is 0 Å². The Morgan fingerprint density at radius 3 is 2.90 bits per heavy atom. The van der Waals surface area contributed by atoms with Crippen molar-refractivity contribution >= 4 is 17.4 Å². The summed E-state index contributed by atoms with van der Waals surface area (Å²) in [5.74, 6) is 1.37. The number of carbonyl (C=O) groups excluding carboxylic acids is 1. The monoisotopic (exact) mass is 302 g/mol. The normalized spacial score (nSPS) is 17.0. The Labute approximate surface area is 128 Å². The predicted octanol–water partition coefficient (Wildman–Crippen LogP) is 4.45. The highest BCUT2D eigenvalue weighted by Gasteiger charge is 2.29. The first-order chi connectivity index (χ1) is 10.2. The van der Waals surface area contributed by atoms with E-state index in [1.165, 1.54) is 0 Å². The van der Waals surface area contributed by atoms with Crippen molar-refractivity contribution in [3.63, 3.8) is 0 Å². The van der Waals surface area contributed by atoms with Gasteiger partial charge in [0.1, 0.15) is 17.6 Å². The van der Waals surface area contributed by atoms with E-state index in [9.17, 15) is 4.79 Å². The maximum absolute atomic E-state index is 12.3. The first kappa shape index (κ1) is 14.0. The van der Waals surface area contributed by atoms with Gasteiger partial charge in [-0.2, -0.15) is 0 Å². The molecule has 0 N–H and O–H groups in total. The quantitative estimate of drug-likeness (QED) is 0.840. The van der Waals surface area contributed by atoms with Crippen LogP contribution in [0.3, 0.4) is 0 Å². The van der Waals surface area contributed by atoms with Gasteiger partial charge >= 0.3 is 0 Å². The van der Waals surface area contributed by atoms with Crippen molar-refractivity contribution < 1.29 is 14.3 Å². The van der Waals surface area contributed by atoms with Crippen molar-refractivity contribution in [3.05, 3.63) is 58.6 Å². The summed E-state index contributed by atoms with van der Waals surface area (Å²) >= 11 is 5.93. The second kappa shape index (κ2) is 5.78. The van der Waals surface area contributed by atoms with Crippen molar-refractivity contribution in [2.24, 2.45) is 0 Å². The molecule has 108 valence electrons. The van der Waals surface area contributed by atoms with Gasteiger partial charge < -0.3 is 9.47 Å². The Balaban J connectivity index is 1.96. The molecule has 4 heteroatoms. The summed E-state index contributed by atoms with van der Waals surface area (Å²) < 4.78 is 11.6. The zero-order valence-corrected chi connectivity index (χ0v) is 12.4. The topological polar surface area (TPSA) is 35.5 Å². The van der Waals surface area contributed by atoms with Gasteiger partial charge in [0.2, 0.25) is 0 Å². The van der Waals surface area contributed by atoms with Crippen molar-refractivity contribution in [2.75, 3.05) is 6.61 Å². The van der Waals surface area contributed by atoms with Crippen molar-refractivity contribution in [1.29, 1.82) is 0 Å². The van der Waals surface area contributed by atoms with Crippen LogP contribution in [0, 0.1) is 0 Å². The molecule has 0 aromatic heterocycles. The number of para-hydroxylation sites is 1. The van der Waals surface area contributed by atoms with Crippen molar-refractivity contribution in [2.45, 2.75) is 19.4 Å². The molecule has 0 fully saturated rings. The third-order valence-corrected chi connectivity index (χ3v) is 3.68. The van der Waals surface area contributed by atoms with Crippen LogP contribution in [0.5, 0.6) is 11.5 Å². The Morgan fingerprint density at radius 1 is 1.29 bits per heavy atom. The zero-order chi connectivity index (χ0) is 14.8. The smallest absolute Gasteiger partial charge is 0.170 e. The van der Waals surface area contributed by atoms with Crippen LogP contribution < -0.4 is 9.47 Å². The second-order valence-corrected chi connectivity index (χ2v) is 5.28. The van der Waals surface area contributed by atoms with E-state index in [0.29, 0.717) is 22.9 Å². The highest BCUT2D eigenvalue weighted by Crippen LogP contribution is 2.38. The molecule has 0 saturated carbocycles. The number of fused-ring (bicyclic) bond motifs is 1. The van der Waals surface area contributed by atoms with Gasteiger partial charge in [-0.1, -0.05) is 29.8 Å². The molecule has 0 amide bonds. The van der Waals surface area contributed by atoms with Gasteiger partial charge in [-0.3, -0.25) is 4.79 Å². The lowest BCUT2D eigenvalue weighted by Crippen LogP contribution is -2.21. The molecule has 0 saturated heterocycles. The Kier molecular flexibility index (Phi) is 3.84. The van der Waals surface area contributed by atoms with Crippen LogP contribution in [0.25, 0.3) is 0 Å². The molecule has 1 aliphatic rings. The molecule has 0 radical (unpaired) electrons. The van der Waals surface area contributed by atoms with E-state index >= 15 is 0 Å². The fraction of sp³-hybridized carbons (Fsp3) is 0.235. The molecule has 21 heavy (non-hydrogen) atoms. The molecule has 0 bridgehead atoms. The molecule has 2 aromatic rings. The van der Waals surface area contributed by atoms with Crippen LogP contribution in [0.2, 0.25) is 5.02 Å². The molecule has 2 aromatic carbocycles. The summed E-state index contributed by atoms with van der Waals surface area (Å²) in [6, 6.07) is 12.8. The molecule has 3 rings (SSSR count). The van der Waals surface area contributed by atoms with Gasteiger partial charge in [-0.05, 0) is 31.2 Å². The largest absolute Gasteiger partial charge is 0.493 e. The summed E-state index contributed by atoms with van der Waals surface area (Å²) in [4.78, 5) is 12.3. The minimum atomic E-state index is -0.325. The Hall–Kier alpha value is -2.00. The highest BCUT2D eigenvalue weighted by atomic mass is 35.5. The van der Waals surface area contributed by atoms with E-state index in [2.05, 4.69) is 0 Å². The number of hydrogen-bond donors (Lipinski definition) is 0. The number of Topliss-reactive ketones (excluding diaryl/α,β-unsaturated/α-hetero) is 1. The van der Waals surface area contributed by atoms with Gasteiger partial charge in [0.25, 0.3) is 0 Å². The maximum atomic E-state index is 12.3. The van der Waals surface area contributed by atoms with Gasteiger partial charge in [0.05, 0.1) is 18.6 Å². The summed E-state index contributed by atoms with van der Waals surface area (Å²) in [5.41, 5.74) is 1.45. The molecule has 3 nitrogen and oxygen atoms in total. The molecule has 1 unspecified atom stereocenters. The lowest BCUT2D eigenvalue weighted by atomic mass is 9.96. The van der Waals surface area contributed by atoms with E-state index in [4.69, 9.17) is 21.1 Å². The number of benzene rings is 2. The Bertz CT molecular complexity index is 681. The highest BCUT2D eigenvalue weighted by molar-refractivity contribution is 6.31.